The summed E-state index contributed by atoms with van der Waals surface area (Å²) in [6.45, 7) is 11.5. The molecule has 0 aromatic carbocycles. The van der Waals surface area contributed by atoms with Crippen molar-refractivity contribution < 1.29 is 0 Å². The number of hydrogen-bond donors (Lipinski definition) is 1. The van der Waals surface area contributed by atoms with Crippen molar-refractivity contribution in [1.82, 2.24) is 5.32 Å². The van der Waals surface area contributed by atoms with Crippen molar-refractivity contribution >= 4 is 0 Å². The van der Waals surface area contributed by atoms with Gasteiger partial charge in [-0.3, -0.25) is 0 Å². The van der Waals surface area contributed by atoms with E-state index >= 15 is 0 Å². The Bertz CT molecular complexity index is 142. The number of hydrogen-bond acceptors (Lipinski definition) is 1. The van der Waals surface area contributed by atoms with Crippen LogP contribution in [0.2, 0.25) is 0 Å². The molecule has 0 heterocycles. The summed E-state index contributed by atoms with van der Waals surface area (Å²) in [7, 11) is 0. The van der Waals surface area contributed by atoms with E-state index in [4.69, 9.17) is 0 Å². The van der Waals surface area contributed by atoms with Gasteiger partial charge in [0.25, 0.3) is 0 Å². The molecule has 0 aliphatic carbocycles. The second-order valence-corrected chi connectivity index (χ2v) is 5.41. The van der Waals surface area contributed by atoms with Crippen LogP contribution in [0.1, 0.15) is 79.6 Å². The highest BCUT2D eigenvalue weighted by atomic mass is 14.9. The van der Waals surface area contributed by atoms with Crippen molar-refractivity contribution in [3.8, 4) is 0 Å². The van der Waals surface area contributed by atoms with Gasteiger partial charge in [-0.1, -0.05) is 60.3 Å². The van der Waals surface area contributed by atoms with E-state index in [2.05, 4.69) is 39.9 Å². The highest BCUT2D eigenvalue weighted by Gasteiger charge is 2.19. The maximum absolute atomic E-state index is 3.77. The lowest BCUT2D eigenvalue weighted by Crippen LogP contribution is -2.40. The van der Waals surface area contributed by atoms with Crippen LogP contribution in [-0.4, -0.2) is 12.1 Å². The zero-order valence-electron chi connectivity index (χ0n) is 12.2. The first-order chi connectivity index (χ1) is 7.65. The Morgan fingerprint density at radius 1 is 0.812 bits per heavy atom. The number of unbranched alkanes of at least 4 members (excludes halogenated alkanes) is 1. The SMILES string of the molecule is CCCCC(CCC)C(CCC)NC(C)C. The summed E-state index contributed by atoms with van der Waals surface area (Å²) < 4.78 is 0. The highest BCUT2D eigenvalue weighted by molar-refractivity contribution is 4.77. The lowest BCUT2D eigenvalue weighted by Gasteiger charge is -2.29. The lowest BCUT2D eigenvalue weighted by molar-refractivity contribution is 0.276. The van der Waals surface area contributed by atoms with Crippen molar-refractivity contribution in [3.05, 3.63) is 0 Å². The van der Waals surface area contributed by atoms with E-state index in [0.717, 1.165) is 12.0 Å². The first-order valence-corrected chi connectivity index (χ1v) is 7.41. The van der Waals surface area contributed by atoms with Crippen LogP contribution in [0.15, 0.2) is 0 Å². The Hall–Kier alpha value is -0.0400. The molecule has 0 aromatic rings. The summed E-state index contributed by atoms with van der Waals surface area (Å²) in [5.41, 5.74) is 0. The van der Waals surface area contributed by atoms with E-state index in [0.29, 0.717) is 6.04 Å². The van der Waals surface area contributed by atoms with Gasteiger partial charge in [-0.05, 0) is 25.2 Å². The molecule has 2 atom stereocenters. The zero-order valence-corrected chi connectivity index (χ0v) is 12.2. The standard InChI is InChI=1S/C15H33N/c1-6-9-12-14(10-7-2)15(11-8-3)16-13(4)5/h13-16H,6-12H2,1-5H3. The third kappa shape index (κ3) is 7.27. The minimum Gasteiger partial charge on any atom is -0.312 e. The summed E-state index contributed by atoms with van der Waals surface area (Å²) in [5, 5.41) is 3.77. The predicted octanol–water partition coefficient (Wildman–Crippen LogP) is 4.76. The molecule has 16 heavy (non-hydrogen) atoms. The van der Waals surface area contributed by atoms with Gasteiger partial charge in [0.15, 0.2) is 0 Å². The summed E-state index contributed by atoms with van der Waals surface area (Å²) in [5.74, 6) is 0.896. The normalized spacial score (nSPS) is 15.4. The molecule has 0 aliphatic heterocycles. The van der Waals surface area contributed by atoms with E-state index in [1.807, 2.05) is 0 Å². The molecule has 0 radical (unpaired) electrons. The Kier molecular flexibility index (Phi) is 10.1. The first-order valence-electron chi connectivity index (χ1n) is 7.41. The molecule has 0 aromatic heterocycles. The van der Waals surface area contributed by atoms with Crippen molar-refractivity contribution in [1.29, 1.82) is 0 Å². The number of nitrogens with one attached hydrogen (secondary N) is 1. The molecule has 0 fully saturated rings. The van der Waals surface area contributed by atoms with Crippen molar-refractivity contribution in [2.24, 2.45) is 5.92 Å². The first kappa shape index (κ1) is 16.0. The van der Waals surface area contributed by atoms with Gasteiger partial charge in [0, 0.05) is 12.1 Å². The van der Waals surface area contributed by atoms with E-state index in [-0.39, 0.29) is 0 Å². The topological polar surface area (TPSA) is 12.0 Å². The fraction of sp³-hybridized carbons (Fsp3) is 1.00. The van der Waals surface area contributed by atoms with Gasteiger partial charge in [0.05, 0.1) is 0 Å². The van der Waals surface area contributed by atoms with Gasteiger partial charge < -0.3 is 5.32 Å². The van der Waals surface area contributed by atoms with Gasteiger partial charge >= 0.3 is 0 Å². The molecule has 0 saturated heterocycles. The Balaban J connectivity index is 4.25. The fourth-order valence-electron chi connectivity index (χ4n) is 2.58. The molecule has 0 bridgehead atoms. The minimum atomic E-state index is 0.623. The maximum Gasteiger partial charge on any atom is 0.00975 e. The minimum absolute atomic E-state index is 0.623. The predicted molar refractivity (Wildman–Crippen MR) is 74.9 cm³/mol. The summed E-state index contributed by atoms with van der Waals surface area (Å²) >= 11 is 0. The molecule has 2 unspecified atom stereocenters. The van der Waals surface area contributed by atoms with Crippen LogP contribution >= 0.6 is 0 Å². The van der Waals surface area contributed by atoms with Crippen LogP contribution in [0.5, 0.6) is 0 Å². The maximum atomic E-state index is 3.77. The smallest absolute Gasteiger partial charge is 0.00975 e. The molecule has 0 amide bonds. The Labute approximate surface area is 103 Å². The van der Waals surface area contributed by atoms with Gasteiger partial charge in [-0.15, -0.1) is 0 Å². The van der Waals surface area contributed by atoms with Crippen LogP contribution in [0.4, 0.5) is 0 Å². The second-order valence-electron chi connectivity index (χ2n) is 5.41. The van der Waals surface area contributed by atoms with Crippen molar-refractivity contribution in [2.45, 2.75) is 91.6 Å². The average Bonchev–Trinajstić information content (AvgIpc) is 2.23. The number of rotatable bonds is 10. The third-order valence-corrected chi connectivity index (χ3v) is 3.30. The summed E-state index contributed by atoms with van der Waals surface area (Å²) in [4.78, 5) is 0. The largest absolute Gasteiger partial charge is 0.312 e. The zero-order chi connectivity index (χ0) is 12.4. The van der Waals surface area contributed by atoms with Gasteiger partial charge in [0.1, 0.15) is 0 Å². The van der Waals surface area contributed by atoms with E-state index in [9.17, 15) is 0 Å². The van der Waals surface area contributed by atoms with Crippen LogP contribution in [0.25, 0.3) is 0 Å². The molecule has 0 spiro atoms. The molecule has 1 heteroatoms. The highest BCUT2D eigenvalue weighted by Crippen LogP contribution is 2.22. The Morgan fingerprint density at radius 2 is 1.44 bits per heavy atom. The average molecular weight is 227 g/mol. The van der Waals surface area contributed by atoms with Crippen LogP contribution in [0, 0.1) is 5.92 Å². The van der Waals surface area contributed by atoms with Crippen LogP contribution in [0.3, 0.4) is 0 Å². The monoisotopic (exact) mass is 227 g/mol. The molecule has 98 valence electrons. The molecule has 0 aliphatic rings. The van der Waals surface area contributed by atoms with Crippen LogP contribution < -0.4 is 5.32 Å². The van der Waals surface area contributed by atoms with E-state index in [1.165, 1.54) is 44.9 Å². The fourth-order valence-corrected chi connectivity index (χ4v) is 2.58. The van der Waals surface area contributed by atoms with Gasteiger partial charge in [0.2, 0.25) is 0 Å². The molecule has 1 N–H and O–H groups in total. The third-order valence-electron chi connectivity index (χ3n) is 3.30. The molecule has 0 rings (SSSR count). The van der Waals surface area contributed by atoms with Gasteiger partial charge in [-0.25, -0.2) is 0 Å². The van der Waals surface area contributed by atoms with E-state index in [1.54, 1.807) is 0 Å². The summed E-state index contributed by atoms with van der Waals surface area (Å²) in [6, 6.07) is 1.37. The molecule has 1 nitrogen and oxygen atoms in total. The quantitative estimate of drug-likeness (QED) is 0.567. The lowest BCUT2D eigenvalue weighted by atomic mass is 9.87. The molecular formula is C15H33N. The van der Waals surface area contributed by atoms with Crippen molar-refractivity contribution in [3.63, 3.8) is 0 Å². The second kappa shape index (κ2) is 10.1. The molecule has 0 saturated carbocycles. The molecular weight excluding hydrogens is 194 g/mol. The Morgan fingerprint density at radius 3 is 1.88 bits per heavy atom. The van der Waals surface area contributed by atoms with Crippen molar-refractivity contribution in [2.75, 3.05) is 0 Å². The van der Waals surface area contributed by atoms with Gasteiger partial charge in [-0.2, -0.15) is 0 Å². The van der Waals surface area contributed by atoms with Crippen LogP contribution in [-0.2, 0) is 0 Å². The summed E-state index contributed by atoms with van der Waals surface area (Å²) in [6.07, 6.45) is 9.50. The van der Waals surface area contributed by atoms with E-state index < -0.39 is 0 Å².